The number of nitrogens with zero attached hydrogens (tertiary/aromatic N) is 1. The third-order valence-electron chi connectivity index (χ3n) is 9.11. The van der Waals surface area contributed by atoms with Gasteiger partial charge in [0.2, 0.25) is 0 Å². The molecule has 1 aromatic heterocycles. The van der Waals surface area contributed by atoms with Crippen LogP contribution >= 0.6 is 70.4 Å². The molecule has 7 atom stereocenters. The molecule has 0 amide bonds. The van der Waals surface area contributed by atoms with Crippen molar-refractivity contribution in [1.82, 2.24) is 4.98 Å². The third-order valence-corrected chi connectivity index (χ3v) is 11.3. The third kappa shape index (κ3) is 26.1. The Morgan fingerprint density at radius 1 is 0.765 bits per heavy atom. The number of carbonyl (C=O) groups is 5. The van der Waals surface area contributed by atoms with E-state index in [1.54, 1.807) is 65.5 Å². The van der Waals surface area contributed by atoms with Crippen molar-refractivity contribution in [2.24, 2.45) is 35.5 Å². The Hall–Kier alpha value is -1.07. The number of carbonyl (C=O) groups excluding carboxylic acids is 5. The van der Waals surface area contributed by atoms with E-state index in [-0.39, 0.29) is 126 Å². The standard InChI is InChI=1S/C14H17BrO4.C14H15BrO4.C7H10O3.C6H5BrINO.C3H7.2ClH.Li.Mg.Mn.2O/c2*1-3-19-14(17)11-7-10(11)13(16)9-5-4-8(15)6-12(9)18-2;1-2-10-7(9)6-3-5(6)4-8;1-10-5-2-6(7)9-3-4(5)8;1-3-2;;;;;;;/h4-6,10-11,13,16H,3,7H2,1-2H3;4-6,10-11H,3,7H2,1-2H3;4-6H,2-3H2,1H3;2-3H,1H3;3H,1-2H3;2*1H;;;;;/q;;;;-1;;;+1;+2;;;/p-2. The van der Waals surface area contributed by atoms with E-state index in [0.29, 0.717) is 61.7 Å². The molecular weight excluding hydrogens is 1290 g/mol. The van der Waals surface area contributed by atoms with Crippen LogP contribution in [0.2, 0.25) is 0 Å². The maximum atomic E-state index is 12.3. The van der Waals surface area contributed by atoms with E-state index in [0.717, 1.165) is 29.2 Å². The molecule has 3 fully saturated rings. The molecule has 3 aromatic rings. The molecule has 3 aliphatic rings. The molecule has 0 bridgehead atoms. The summed E-state index contributed by atoms with van der Waals surface area (Å²) in [4.78, 5) is 60.3. The van der Waals surface area contributed by atoms with E-state index in [9.17, 15) is 29.1 Å². The zero-order valence-corrected chi connectivity index (χ0v) is 50.1. The Kier molecular flexibility index (Phi) is 43.7. The second kappa shape index (κ2) is 40.4. The Balaban J connectivity index is -0.000000391. The van der Waals surface area contributed by atoms with Crippen LogP contribution in [0.1, 0.15) is 75.9 Å². The number of halogens is 6. The van der Waals surface area contributed by atoms with Crippen LogP contribution < -0.4 is 57.9 Å². The van der Waals surface area contributed by atoms with Crippen molar-refractivity contribution in [2.75, 3.05) is 41.2 Å². The zero-order valence-electron chi connectivity index (χ0n) is 39.1. The molecule has 2 aromatic carbocycles. The summed E-state index contributed by atoms with van der Waals surface area (Å²) in [5, 5.41) is 10.3. The molecule has 3 aliphatic carbocycles. The summed E-state index contributed by atoms with van der Waals surface area (Å²) in [5.41, 5.74) is 1.23. The van der Waals surface area contributed by atoms with Gasteiger partial charge in [-0.3, -0.25) is 19.2 Å². The van der Waals surface area contributed by atoms with E-state index < -0.39 is 20.9 Å². The Morgan fingerprint density at radius 3 is 1.66 bits per heavy atom. The molecule has 0 aliphatic heterocycles. The van der Waals surface area contributed by atoms with Crippen LogP contribution in [-0.2, 0) is 55.9 Å². The van der Waals surface area contributed by atoms with Crippen LogP contribution in [0.5, 0.6) is 17.2 Å². The van der Waals surface area contributed by atoms with E-state index in [1.165, 1.54) is 7.11 Å². The number of ketones is 1. The summed E-state index contributed by atoms with van der Waals surface area (Å²) in [6.45, 7) is 10.4. The average Bonchev–Trinajstić information content (AvgIpc) is 4.15. The number of pyridine rings is 1. The molecule has 68 heavy (non-hydrogen) atoms. The molecule has 6 rings (SSSR count). The van der Waals surface area contributed by atoms with Crippen LogP contribution in [-0.4, -0.2) is 104 Å². The van der Waals surface area contributed by atoms with Crippen molar-refractivity contribution in [3.8, 4) is 17.2 Å². The van der Waals surface area contributed by atoms with Crippen LogP contribution in [0, 0.1) is 45.5 Å². The van der Waals surface area contributed by atoms with Gasteiger partial charge in [-0.2, -0.15) is 13.8 Å². The fraction of sp³-hybridized carbons (Fsp3) is 0.477. The van der Waals surface area contributed by atoms with E-state index >= 15 is 0 Å². The summed E-state index contributed by atoms with van der Waals surface area (Å²) in [6.07, 6.45) is 5.79. The minimum absolute atomic E-state index is 0. The van der Waals surface area contributed by atoms with Gasteiger partial charge >= 0.3 is 82.3 Å². The number of methoxy groups -OCH3 is 3. The van der Waals surface area contributed by atoms with Gasteiger partial charge in [0, 0.05) is 44.5 Å². The van der Waals surface area contributed by atoms with Crippen molar-refractivity contribution in [2.45, 2.75) is 60.0 Å². The topological polar surface area (TPSA) is 208 Å². The maximum absolute atomic E-state index is 12.3. The molecule has 371 valence electrons. The van der Waals surface area contributed by atoms with Crippen molar-refractivity contribution >= 4 is 123 Å². The first kappa shape index (κ1) is 73.5. The monoisotopic (exact) mass is 1340 g/mol. The zero-order chi connectivity index (χ0) is 48.5. The SMILES string of the molecule is CCOC(=O)C1CC1C(=O)c1ccc(Br)cc1OC.CCOC(=O)C1CC1C(O)c1ccc(Br)cc1OC.CCOC(=O)C1CC1C=O.COc1cc(Br)ncc1I.C[CH-]C.[Cl-].[Cl-].[Li+].[Mg+2].[O]=[Mn]=[O]. The van der Waals surface area contributed by atoms with Crippen LogP contribution in [0.25, 0.3) is 0 Å². The number of aldehydes is 1. The van der Waals surface area contributed by atoms with Gasteiger partial charge in [0.1, 0.15) is 28.1 Å². The number of ether oxygens (including phenoxy) is 6. The first-order valence-electron chi connectivity index (χ1n) is 19.8. The molecule has 0 spiro atoms. The number of aliphatic hydroxyl groups excluding tert-OH is 1. The molecule has 1 heterocycles. The number of rotatable bonds is 14. The quantitative estimate of drug-likeness (QED) is 0.0330. The van der Waals surface area contributed by atoms with Gasteiger partial charge in [-0.25, -0.2) is 4.98 Å². The van der Waals surface area contributed by atoms with Gasteiger partial charge in [0.05, 0.1) is 74.1 Å². The molecule has 3 saturated carbocycles. The summed E-state index contributed by atoms with van der Waals surface area (Å²) < 4.78 is 50.5. The summed E-state index contributed by atoms with van der Waals surface area (Å²) >= 11 is 10.7. The van der Waals surface area contributed by atoms with Gasteiger partial charge in [0.25, 0.3) is 0 Å². The fourth-order valence-electron chi connectivity index (χ4n) is 5.74. The van der Waals surface area contributed by atoms with Crippen LogP contribution in [0.4, 0.5) is 0 Å². The van der Waals surface area contributed by atoms with E-state index in [2.05, 4.69) is 75.4 Å². The molecule has 24 heteroatoms. The molecule has 0 radical (unpaired) electrons. The predicted molar refractivity (Wildman–Crippen MR) is 255 cm³/mol. The summed E-state index contributed by atoms with van der Waals surface area (Å²) in [7, 11) is 4.73. The van der Waals surface area contributed by atoms with Crippen molar-refractivity contribution < 1.29 is 124 Å². The molecule has 1 N–H and O–H groups in total. The fourth-order valence-corrected chi connectivity index (χ4v) is 7.25. The van der Waals surface area contributed by atoms with Gasteiger partial charge in [0.15, 0.2) is 5.78 Å². The molecule has 15 nitrogen and oxygen atoms in total. The number of hydrogen-bond donors (Lipinski definition) is 1. The molecular formula is C44H54Br3Cl2ILiMgMnNO14. The van der Waals surface area contributed by atoms with Crippen molar-refractivity contribution in [3.05, 3.63) is 83.3 Å². The van der Waals surface area contributed by atoms with Crippen LogP contribution in [0.3, 0.4) is 0 Å². The summed E-state index contributed by atoms with van der Waals surface area (Å²) in [6, 6.07) is 12.6. The normalized spacial score (nSPS) is 18.3. The second-order valence-corrected chi connectivity index (χ2v) is 17.7. The Bertz CT molecular complexity index is 2050. The Morgan fingerprint density at radius 2 is 1.22 bits per heavy atom. The van der Waals surface area contributed by atoms with Gasteiger partial charge in [-0.1, -0.05) is 37.9 Å². The van der Waals surface area contributed by atoms with Gasteiger partial charge in [-0.15, -0.1) is 0 Å². The Labute approximate surface area is 484 Å². The number of hydrogen-bond acceptors (Lipinski definition) is 15. The van der Waals surface area contributed by atoms with Crippen LogP contribution in [0.15, 0.2) is 62.2 Å². The van der Waals surface area contributed by atoms with Gasteiger partial charge < -0.3 is 69.6 Å². The summed E-state index contributed by atoms with van der Waals surface area (Å²) in [5.74, 6) is 0.207. The predicted octanol–water partition coefficient (Wildman–Crippen LogP) is -0.00671. The van der Waals surface area contributed by atoms with Crippen molar-refractivity contribution in [1.29, 1.82) is 0 Å². The molecule has 7 unspecified atom stereocenters. The van der Waals surface area contributed by atoms with Crippen molar-refractivity contribution in [3.63, 3.8) is 0 Å². The number of Topliss-reactive ketones (excluding diaryl/α,β-unsaturated/α-hetero) is 1. The number of benzene rings is 2. The first-order chi connectivity index (χ1) is 30.5. The van der Waals surface area contributed by atoms with E-state index in [4.69, 9.17) is 36.1 Å². The van der Waals surface area contributed by atoms with E-state index in [1.807, 2.05) is 38.5 Å². The first-order valence-corrected chi connectivity index (χ1v) is 24.3. The van der Waals surface area contributed by atoms with Gasteiger partial charge in [-0.05, 0) is 109 Å². The second-order valence-electron chi connectivity index (χ2n) is 13.7. The average molecular weight is 1340 g/mol. The number of aromatic nitrogens is 1. The number of esters is 3. The number of aliphatic hydroxyl groups is 1. The molecule has 0 saturated heterocycles. The minimum atomic E-state index is -1.44.